The van der Waals surface area contributed by atoms with Crippen molar-refractivity contribution in [2.75, 3.05) is 16.8 Å². The van der Waals surface area contributed by atoms with Gasteiger partial charge in [-0.05, 0) is 31.2 Å². The number of carbonyl (C=O) groups is 2. The lowest BCUT2D eigenvalue weighted by Gasteiger charge is -2.17. The highest BCUT2D eigenvalue weighted by atomic mass is 16.3. The molecule has 0 saturated carbocycles. The number of amides is 2. The van der Waals surface area contributed by atoms with E-state index in [0.29, 0.717) is 17.1 Å². The van der Waals surface area contributed by atoms with Gasteiger partial charge in [0.2, 0.25) is 17.8 Å². The lowest BCUT2D eigenvalue weighted by Crippen LogP contribution is -2.28. The number of anilines is 2. The number of rotatable bonds is 6. The second kappa shape index (κ2) is 9.90. The molecule has 1 fully saturated rings. The van der Waals surface area contributed by atoms with Gasteiger partial charge in [0.05, 0.1) is 17.9 Å². The van der Waals surface area contributed by atoms with E-state index < -0.39 is 5.92 Å². The smallest absolute Gasteiger partial charge is 0.252 e. The Morgan fingerprint density at radius 3 is 2.54 bits per heavy atom. The Bertz CT molecular complexity index is 1710. The van der Waals surface area contributed by atoms with Gasteiger partial charge in [-0.2, -0.15) is 9.78 Å². The van der Waals surface area contributed by atoms with Crippen LogP contribution in [-0.4, -0.2) is 38.1 Å². The molecule has 10 nitrogen and oxygen atoms in total. The minimum atomic E-state index is -0.572. The first-order valence-electron chi connectivity index (χ1n) is 12.4. The van der Waals surface area contributed by atoms with Crippen LogP contribution in [0.2, 0.25) is 0 Å². The zero-order valence-corrected chi connectivity index (χ0v) is 21.0. The standard InChI is InChI=1S/C29H24N6O4/c1-18-9-11-21(12-10-18)34-17-20(14-27(34)37)28(38)31-25-15-23(24-8-5-13-39-24)33-35(25)29-30-22(16-26(36)32-29)19-6-3-2-4-7-19/h2-13,15-16,20H,14,17H2,1H3,(H,31,38)(H,30,32,36). The van der Waals surface area contributed by atoms with Gasteiger partial charge in [0.25, 0.3) is 5.56 Å². The van der Waals surface area contributed by atoms with Gasteiger partial charge in [-0.3, -0.25) is 19.4 Å². The third-order valence-corrected chi connectivity index (χ3v) is 6.58. The van der Waals surface area contributed by atoms with Gasteiger partial charge in [-0.15, -0.1) is 0 Å². The van der Waals surface area contributed by atoms with E-state index in [1.54, 1.807) is 23.1 Å². The molecule has 0 radical (unpaired) electrons. The summed E-state index contributed by atoms with van der Waals surface area (Å²) >= 11 is 0. The van der Waals surface area contributed by atoms with E-state index in [1.807, 2.05) is 61.5 Å². The van der Waals surface area contributed by atoms with Gasteiger partial charge < -0.3 is 14.6 Å². The predicted molar refractivity (Wildman–Crippen MR) is 145 cm³/mol. The van der Waals surface area contributed by atoms with Crippen molar-refractivity contribution in [3.8, 4) is 28.7 Å². The molecule has 0 spiro atoms. The van der Waals surface area contributed by atoms with Gasteiger partial charge in [0.1, 0.15) is 11.5 Å². The fraction of sp³-hybridized carbons (Fsp3) is 0.138. The maximum atomic E-state index is 13.4. The second-order valence-electron chi connectivity index (χ2n) is 9.35. The Morgan fingerprint density at radius 1 is 1.00 bits per heavy atom. The summed E-state index contributed by atoms with van der Waals surface area (Å²) in [6.07, 6.45) is 1.60. The number of aromatic nitrogens is 4. The van der Waals surface area contributed by atoms with Gasteiger partial charge in [0.15, 0.2) is 5.76 Å². The molecule has 5 aromatic rings. The Labute approximate surface area is 222 Å². The number of H-pyrrole nitrogens is 1. The highest BCUT2D eigenvalue weighted by Crippen LogP contribution is 2.28. The lowest BCUT2D eigenvalue weighted by atomic mass is 10.1. The monoisotopic (exact) mass is 520 g/mol. The molecule has 2 aromatic carbocycles. The zero-order chi connectivity index (χ0) is 26.9. The number of aromatic amines is 1. The third kappa shape index (κ3) is 4.87. The Kier molecular flexibility index (Phi) is 6.12. The van der Waals surface area contributed by atoms with Crippen LogP contribution in [-0.2, 0) is 9.59 Å². The van der Waals surface area contributed by atoms with Crippen LogP contribution in [0, 0.1) is 12.8 Å². The summed E-state index contributed by atoms with van der Waals surface area (Å²) in [5.74, 6) is -0.152. The largest absolute Gasteiger partial charge is 0.463 e. The van der Waals surface area contributed by atoms with Crippen molar-refractivity contribution in [2.45, 2.75) is 13.3 Å². The highest BCUT2D eigenvalue weighted by molar-refractivity contribution is 6.03. The van der Waals surface area contributed by atoms with Crippen LogP contribution in [0.25, 0.3) is 28.7 Å². The number of carbonyl (C=O) groups excluding carboxylic acids is 2. The third-order valence-electron chi connectivity index (χ3n) is 6.58. The minimum Gasteiger partial charge on any atom is -0.463 e. The fourth-order valence-corrected chi connectivity index (χ4v) is 4.56. The van der Waals surface area contributed by atoms with E-state index in [1.165, 1.54) is 17.0 Å². The molecule has 10 heteroatoms. The molecule has 6 rings (SSSR count). The molecule has 0 bridgehead atoms. The molecule has 39 heavy (non-hydrogen) atoms. The average molecular weight is 521 g/mol. The molecule has 2 N–H and O–H groups in total. The molecule has 1 unspecified atom stereocenters. The Morgan fingerprint density at radius 2 is 1.79 bits per heavy atom. The summed E-state index contributed by atoms with van der Waals surface area (Å²) in [7, 11) is 0. The minimum absolute atomic E-state index is 0.0808. The van der Waals surface area contributed by atoms with Gasteiger partial charge in [-0.25, -0.2) is 4.98 Å². The van der Waals surface area contributed by atoms with E-state index in [4.69, 9.17) is 4.42 Å². The fourth-order valence-electron chi connectivity index (χ4n) is 4.56. The first kappa shape index (κ1) is 24.1. The van der Waals surface area contributed by atoms with Crippen molar-refractivity contribution in [1.29, 1.82) is 0 Å². The van der Waals surface area contributed by atoms with Crippen LogP contribution >= 0.6 is 0 Å². The van der Waals surface area contributed by atoms with Crippen molar-refractivity contribution in [2.24, 2.45) is 5.92 Å². The van der Waals surface area contributed by atoms with Gasteiger partial charge >= 0.3 is 0 Å². The van der Waals surface area contributed by atoms with Crippen LogP contribution in [0.1, 0.15) is 12.0 Å². The predicted octanol–water partition coefficient (Wildman–Crippen LogP) is 4.18. The number of benzene rings is 2. The normalized spacial score (nSPS) is 15.1. The number of nitrogens with zero attached hydrogens (tertiary/aromatic N) is 4. The number of furan rings is 1. The van der Waals surface area contributed by atoms with Crippen molar-refractivity contribution in [1.82, 2.24) is 19.7 Å². The molecular formula is C29H24N6O4. The van der Waals surface area contributed by atoms with Crippen molar-refractivity contribution in [3.63, 3.8) is 0 Å². The van der Waals surface area contributed by atoms with Crippen molar-refractivity contribution in [3.05, 3.63) is 101 Å². The lowest BCUT2D eigenvalue weighted by molar-refractivity contribution is -0.122. The first-order chi connectivity index (χ1) is 18.9. The molecule has 1 atom stereocenters. The molecule has 0 aliphatic carbocycles. The van der Waals surface area contributed by atoms with Gasteiger partial charge in [0, 0.05) is 36.3 Å². The molecule has 1 aliphatic rings. The Balaban J connectivity index is 1.32. The molecule has 2 amide bonds. The van der Waals surface area contributed by atoms with Crippen molar-refractivity contribution >= 4 is 23.3 Å². The van der Waals surface area contributed by atoms with E-state index >= 15 is 0 Å². The Hall–Kier alpha value is -5.25. The SMILES string of the molecule is Cc1ccc(N2CC(C(=O)Nc3cc(-c4ccco4)nn3-c3nc(-c4ccccc4)cc(=O)[nH]3)CC2=O)cc1. The average Bonchev–Trinajstić information content (AvgIpc) is 3.70. The molecule has 194 valence electrons. The topological polar surface area (TPSA) is 126 Å². The molecule has 4 heterocycles. The first-order valence-corrected chi connectivity index (χ1v) is 12.4. The molecule has 1 saturated heterocycles. The summed E-state index contributed by atoms with van der Waals surface area (Å²) in [6.45, 7) is 2.23. The number of hydrogen-bond acceptors (Lipinski definition) is 6. The van der Waals surface area contributed by atoms with E-state index in [0.717, 1.165) is 16.8 Å². The highest BCUT2D eigenvalue weighted by Gasteiger charge is 2.35. The zero-order valence-electron chi connectivity index (χ0n) is 21.0. The summed E-state index contributed by atoms with van der Waals surface area (Å²) in [5.41, 5.74) is 3.12. The van der Waals surface area contributed by atoms with Crippen LogP contribution in [0.4, 0.5) is 11.5 Å². The van der Waals surface area contributed by atoms with E-state index in [9.17, 15) is 14.4 Å². The maximum absolute atomic E-state index is 13.4. The van der Waals surface area contributed by atoms with E-state index in [2.05, 4.69) is 20.4 Å². The number of nitrogens with one attached hydrogen (secondary N) is 2. The number of hydrogen-bond donors (Lipinski definition) is 2. The second-order valence-corrected chi connectivity index (χ2v) is 9.35. The van der Waals surface area contributed by atoms with E-state index in [-0.39, 0.29) is 42.1 Å². The molecular weight excluding hydrogens is 496 g/mol. The van der Waals surface area contributed by atoms with Gasteiger partial charge in [-0.1, -0.05) is 48.0 Å². The summed E-state index contributed by atoms with van der Waals surface area (Å²) in [6, 6.07) is 23.4. The van der Waals surface area contributed by atoms with Crippen LogP contribution in [0.5, 0.6) is 0 Å². The number of aryl methyl sites for hydroxylation is 1. The van der Waals surface area contributed by atoms with Crippen LogP contribution < -0.4 is 15.8 Å². The summed E-state index contributed by atoms with van der Waals surface area (Å²) < 4.78 is 6.86. The van der Waals surface area contributed by atoms with Crippen LogP contribution in [0.3, 0.4) is 0 Å². The van der Waals surface area contributed by atoms with Crippen molar-refractivity contribution < 1.29 is 14.0 Å². The van der Waals surface area contributed by atoms with Crippen LogP contribution in [0.15, 0.2) is 94.3 Å². The molecule has 1 aliphatic heterocycles. The quantitative estimate of drug-likeness (QED) is 0.346. The summed E-state index contributed by atoms with van der Waals surface area (Å²) in [5, 5.41) is 7.46. The molecule has 3 aromatic heterocycles. The summed E-state index contributed by atoms with van der Waals surface area (Å²) in [4.78, 5) is 47.6. The maximum Gasteiger partial charge on any atom is 0.252 e.